The van der Waals surface area contributed by atoms with Crippen LogP contribution in [0.15, 0.2) is 30.3 Å². The van der Waals surface area contributed by atoms with Crippen molar-refractivity contribution in [1.29, 1.82) is 0 Å². The van der Waals surface area contributed by atoms with Gasteiger partial charge >= 0.3 is 11.9 Å². The highest BCUT2D eigenvalue weighted by molar-refractivity contribution is 7.93. The van der Waals surface area contributed by atoms with Gasteiger partial charge in [-0.05, 0) is 23.7 Å². The Morgan fingerprint density at radius 1 is 1.25 bits per heavy atom. The second kappa shape index (κ2) is 7.31. The molecule has 0 aliphatic rings. The Bertz CT molecular complexity index is 462. The van der Waals surface area contributed by atoms with E-state index in [1.54, 1.807) is 0 Å². The molecule has 0 saturated heterocycles. The highest BCUT2D eigenvalue weighted by Gasteiger charge is 2.45. The molecule has 0 spiro atoms. The van der Waals surface area contributed by atoms with Crippen LogP contribution in [0.25, 0.3) is 0 Å². The van der Waals surface area contributed by atoms with Crippen molar-refractivity contribution < 1.29 is 24.4 Å². The third-order valence-corrected chi connectivity index (χ3v) is 5.15. The van der Waals surface area contributed by atoms with Crippen molar-refractivity contribution >= 4 is 23.1 Å². The Morgan fingerprint density at radius 2 is 1.85 bits per heavy atom. The van der Waals surface area contributed by atoms with Gasteiger partial charge < -0.3 is 14.8 Å². The topological polar surface area (TPSA) is 97.7 Å². The van der Waals surface area contributed by atoms with Crippen LogP contribution in [0.5, 0.6) is 0 Å². The van der Waals surface area contributed by atoms with Crippen molar-refractivity contribution in [3.63, 3.8) is 0 Å². The van der Waals surface area contributed by atoms with Gasteiger partial charge in [-0.2, -0.15) is 0 Å². The molecule has 2 unspecified atom stereocenters. The number of carboxylic acids is 2. The Hall–Kier alpha value is -1.53. The summed E-state index contributed by atoms with van der Waals surface area (Å²) in [5.41, 5.74) is 0.979. The van der Waals surface area contributed by atoms with Crippen molar-refractivity contribution in [1.82, 2.24) is 0 Å². The minimum Gasteiger partial charge on any atom is -0.615 e. The molecule has 0 bridgehead atoms. The Kier molecular flexibility index (Phi) is 6.04. The molecule has 1 rings (SSSR count). The van der Waals surface area contributed by atoms with E-state index in [2.05, 4.69) is 0 Å². The first-order chi connectivity index (χ1) is 9.36. The number of aliphatic carboxylic acids is 2. The summed E-state index contributed by atoms with van der Waals surface area (Å²) in [6.45, 7) is 1.35. The Balaban J connectivity index is 2.66. The van der Waals surface area contributed by atoms with E-state index in [1.807, 2.05) is 30.3 Å². The summed E-state index contributed by atoms with van der Waals surface area (Å²) in [5.74, 6) is -2.10. The molecular weight excluding hydrogens is 280 g/mol. The quantitative estimate of drug-likeness (QED) is 0.712. The Labute approximate surface area is 120 Å². The summed E-state index contributed by atoms with van der Waals surface area (Å²) >= 11 is -1.63. The van der Waals surface area contributed by atoms with Crippen LogP contribution in [0.1, 0.15) is 25.3 Å². The molecule has 0 saturated carbocycles. The van der Waals surface area contributed by atoms with Gasteiger partial charge in [-0.25, -0.2) is 4.79 Å². The molecule has 0 aliphatic carbocycles. The van der Waals surface area contributed by atoms with E-state index in [9.17, 15) is 19.2 Å². The molecule has 0 aromatic heterocycles. The molecule has 6 heteroatoms. The summed E-state index contributed by atoms with van der Waals surface area (Å²) in [6.07, 6.45) is 0.0579. The normalized spacial score (nSPS) is 15.3. The van der Waals surface area contributed by atoms with Crippen molar-refractivity contribution in [3.8, 4) is 0 Å². The molecule has 2 atom stereocenters. The number of carbonyl (C=O) groups is 2. The average molecular weight is 298 g/mol. The zero-order valence-corrected chi connectivity index (χ0v) is 12.1. The van der Waals surface area contributed by atoms with Crippen LogP contribution in [0.2, 0.25) is 0 Å². The standard InChI is InChI=1S/C14H18O5S/c1-14(13(17)18,9-7-12(15)16)20(19)10-8-11-5-3-2-4-6-11/h2-6H,7-10H2,1H3,(H,15,16)(H,17,18). The van der Waals surface area contributed by atoms with Crippen LogP contribution in [0, 0.1) is 0 Å². The van der Waals surface area contributed by atoms with Crippen molar-refractivity contribution in [2.45, 2.75) is 30.9 Å². The van der Waals surface area contributed by atoms with Gasteiger partial charge in [0.15, 0.2) is 0 Å². The summed E-state index contributed by atoms with van der Waals surface area (Å²) < 4.78 is 10.7. The van der Waals surface area contributed by atoms with Gasteiger partial charge in [0.2, 0.25) is 4.75 Å². The predicted octanol–water partition coefficient (Wildman–Crippen LogP) is 1.69. The van der Waals surface area contributed by atoms with Gasteiger partial charge in [0.05, 0.1) is 6.42 Å². The molecule has 0 heterocycles. The molecule has 20 heavy (non-hydrogen) atoms. The minimum atomic E-state index is -1.63. The molecule has 0 amide bonds. The van der Waals surface area contributed by atoms with E-state index < -0.39 is 27.9 Å². The highest BCUT2D eigenvalue weighted by atomic mass is 32.2. The third kappa shape index (κ3) is 4.54. The molecule has 1 aromatic rings. The minimum absolute atomic E-state index is 0.140. The molecule has 0 radical (unpaired) electrons. The van der Waals surface area contributed by atoms with E-state index in [4.69, 9.17) is 5.11 Å². The lowest BCUT2D eigenvalue weighted by molar-refractivity contribution is -0.140. The van der Waals surface area contributed by atoms with Gasteiger partial charge in [-0.3, -0.25) is 4.79 Å². The first kappa shape index (κ1) is 16.5. The highest BCUT2D eigenvalue weighted by Crippen LogP contribution is 2.25. The smallest absolute Gasteiger partial charge is 0.359 e. The fourth-order valence-corrected chi connectivity index (χ4v) is 3.14. The molecule has 5 nitrogen and oxygen atoms in total. The predicted molar refractivity (Wildman–Crippen MR) is 76.1 cm³/mol. The molecule has 110 valence electrons. The maximum atomic E-state index is 12.2. The fraction of sp³-hybridized carbons (Fsp3) is 0.429. The van der Waals surface area contributed by atoms with E-state index >= 15 is 0 Å². The zero-order valence-electron chi connectivity index (χ0n) is 11.2. The zero-order chi connectivity index (χ0) is 15.2. The number of benzene rings is 1. The lowest BCUT2D eigenvalue weighted by Gasteiger charge is -2.28. The molecule has 0 fully saturated rings. The van der Waals surface area contributed by atoms with Crippen LogP contribution in [0.4, 0.5) is 0 Å². The summed E-state index contributed by atoms with van der Waals surface area (Å²) in [7, 11) is 0. The average Bonchev–Trinajstić information content (AvgIpc) is 2.42. The first-order valence-corrected chi connectivity index (χ1v) is 7.56. The van der Waals surface area contributed by atoms with Crippen LogP contribution in [-0.4, -0.2) is 37.2 Å². The molecule has 0 aliphatic heterocycles. The number of rotatable bonds is 8. The van der Waals surface area contributed by atoms with Gasteiger partial charge in [0.25, 0.3) is 0 Å². The van der Waals surface area contributed by atoms with E-state index in [0.717, 1.165) is 5.56 Å². The van der Waals surface area contributed by atoms with E-state index in [0.29, 0.717) is 6.42 Å². The van der Waals surface area contributed by atoms with Gasteiger partial charge in [-0.1, -0.05) is 30.3 Å². The van der Waals surface area contributed by atoms with Crippen LogP contribution < -0.4 is 0 Å². The molecular formula is C14H18O5S. The second-order valence-corrected chi connectivity index (χ2v) is 6.72. The second-order valence-electron chi connectivity index (χ2n) is 4.71. The van der Waals surface area contributed by atoms with Crippen LogP contribution in [-0.2, 0) is 27.2 Å². The molecule has 1 aromatic carbocycles. The van der Waals surface area contributed by atoms with Crippen molar-refractivity contribution in [3.05, 3.63) is 35.9 Å². The first-order valence-electron chi connectivity index (χ1n) is 6.24. The lowest BCUT2D eigenvalue weighted by Crippen LogP contribution is -2.45. The largest absolute Gasteiger partial charge is 0.615 e. The summed E-state index contributed by atoms with van der Waals surface area (Å²) in [6, 6.07) is 9.35. The number of carboxylic acid groups (broad SMARTS) is 2. The third-order valence-electron chi connectivity index (χ3n) is 3.19. The number of hydrogen-bond donors (Lipinski definition) is 2. The number of hydrogen-bond acceptors (Lipinski definition) is 3. The summed E-state index contributed by atoms with van der Waals surface area (Å²) in [4.78, 5) is 21.9. The monoisotopic (exact) mass is 298 g/mol. The van der Waals surface area contributed by atoms with Crippen molar-refractivity contribution in [2.24, 2.45) is 0 Å². The maximum Gasteiger partial charge on any atom is 0.359 e. The van der Waals surface area contributed by atoms with Gasteiger partial charge in [0, 0.05) is 12.8 Å². The maximum absolute atomic E-state index is 12.2. The lowest BCUT2D eigenvalue weighted by atomic mass is 10.1. The van der Waals surface area contributed by atoms with Crippen LogP contribution >= 0.6 is 0 Å². The number of aryl methyl sites for hydroxylation is 1. The fourth-order valence-electron chi connectivity index (χ4n) is 1.74. The summed E-state index contributed by atoms with van der Waals surface area (Å²) in [5, 5.41) is 17.9. The Morgan fingerprint density at radius 3 is 2.35 bits per heavy atom. The van der Waals surface area contributed by atoms with Crippen molar-refractivity contribution in [2.75, 3.05) is 5.75 Å². The van der Waals surface area contributed by atoms with E-state index in [1.165, 1.54) is 6.92 Å². The van der Waals surface area contributed by atoms with E-state index in [-0.39, 0.29) is 18.6 Å². The van der Waals surface area contributed by atoms with Crippen LogP contribution in [0.3, 0.4) is 0 Å². The van der Waals surface area contributed by atoms with Gasteiger partial charge in [-0.15, -0.1) is 0 Å². The SMILES string of the molecule is CC(CCC(=O)O)(C(=O)O)[S+]([O-])CCc1ccccc1. The van der Waals surface area contributed by atoms with Gasteiger partial charge in [0.1, 0.15) is 5.75 Å². The molecule has 2 N–H and O–H groups in total.